The standard InChI is InChI=1S/C26H19NO/c1-27-22-14-6-2-10-18(22)26(19-11-3-7-15-23(19)27)20-12-4-8-16-24(20)28-25-17-9-5-13-21(25)26/h2-17H,1H3. The summed E-state index contributed by atoms with van der Waals surface area (Å²) in [5, 5.41) is 0. The monoisotopic (exact) mass is 361 g/mol. The fourth-order valence-corrected chi connectivity index (χ4v) is 5.02. The summed E-state index contributed by atoms with van der Waals surface area (Å²) in [6.07, 6.45) is 0. The van der Waals surface area contributed by atoms with Crippen molar-refractivity contribution < 1.29 is 4.74 Å². The van der Waals surface area contributed by atoms with Crippen LogP contribution < -0.4 is 9.64 Å². The number of hydrogen-bond donors (Lipinski definition) is 0. The number of ether oxygens (including phenoxy) is 1. The third kappa shape index (κ3) is 1.77. The summed E-state index contributed by atoms with van der Waals surface area (Å²) in [7, 11) is 2.15. The Morgan fingerprint density at radius 3 is 1.43 bits per heavy atom. The van der Waals surface area contributed by atoms with Crippen molar-refractivity contribution in [3.05, 3.63) is 119 Å². The number of benzene rings is 4. The van der Waals surface area contributed by atoms with Crippen LogP contribution in [0.25, 0.3) is 0 Å². The highest BCUT2D eigenvalue weighted by molar-refractivity contribution is 5.85. The molecule has 4 aromatic carbocycles. The van der Waals surface area contributed by atoms with E-state index >= 15 is 0 Å². The molecule has 1 spiro atoms. The van der Waals surface area contributed by atoms with Gasteiger partial charge in [0.25, 0.3) is 0 Å². The van der Waals surface area contributed by atoms with Gasteiger partial charge in [-0.3, -0.25) is 0 Å². The summed E-state index contributed by atoms with van der Waals surface area (Å²) < 4.78 is 6.35. The molecule has 0 unspecified atom stereocenters. The second-order valence-electron chi connectivity index (χ2n) is 7.44. The van der Waals surface area contributed by atoms with Crippen molar-refractivity contribution in [1.82, 2.24) is 0 Å². The van der Waals surface area contributed by atoms with E-state index in [9.17, 15) is 0 Å². The summed E-state index contributed by atoms with van der Waals surface area (Å²) in [5.41, 5.74) is 7.04. The average Bonchev–Trinajstić information content (AvgIpc) is 2.77. The highest BCUT2D eigenvalue weighted by Gasteiger charge is 2.50. The molecule has 0 saturated heterocycles. The van der Waals surface area contributed by atoms with Crippen LogP contribution >= 0.6 is 0 Å². The third-order valence-corrected chi connectivity index (χ3v) is 6.14. The molecular weight excluding hydrogens is 342 g/mol. The maximum absolute atomic E-state index is 6.35. The van der Waals surface area contributed by atoms with Gasteiger partial charge in [-0.25, -0.2) is 0 Å². The summed E-state index contributed by atoms with van der Waals surface area (Å²) in [5.74, 6) is 1.85. The molecule has 2 heterocycles. The van der Waals surface area contributed by atoms with Gasteiger partial charge in [0.2, 0.25) is 0 Å². The normalized spacial score (nSPS) is 15.1. The van der Waals surface area contributed by atoms with Gasteiger partial charge in [0.15, 0.2) is 0 Å². The topological polar surface area (TPSA) is 12.5 Å². The summed E-state index contributed by atoms with van der Waals surface area (Å²) in [4.78, 5) is 2.30. The molecule has 2 nitrogen and oxygen atoms in total. The van der Waals surface area contributed by atoms with Crippen LogP contribution in [-0.2, 0) is 5.41 Å². The fourth-order valence-electron chi connectivity index (χ4n) is 5.02. The second-order valence-corrected chi connectivity index (χ2v) is 7.44. The van der Waals surface area contributed by atoms with Gasteiger partial charge in [-0.15, -0.1) is 0 Å². The molecule has 0 aliphatic carbocycles. The van der Waals surface area contributed by atoms with E-state index in [4.69, 9.17) is 4.74 Å². The lowest BCUT2D eigenvalue weighted by Crippen LogP contribution is -2.39. The quantitative estimate of drug-likeness (QED) is 0.323. The summed E-state index contributed by atoms with van der Waals surface area (Å²) >= 11 is 0. The molecule has 6 rings (SSSR count). The van der Waals surface area contributed by atoms with Crippen LogP contribution in [0.1, 0.15) is 22.3 Å². The molecule has 134 valence electrons. The maximum atomic E-state index is 6.35. The molecule has 0 radical (unpaired) electrons. The van der Waals surface area contributed by atoms with E-state index in [1.807, 2.05) is 12.1 Å². The molecule has 0 bridgehead atoms. The minimum Gasteiger partial charge on any atom is -0.457 e. The van der Waals surface area contributed by atoms with E-state index in [1.54, 1.807) is 0 Å². The van der Waals surface area contributed by atoms with Gasteiger partial charge < -0.3 is 9.64 Å². The molecule has 2 heteroatoms. The van der Waals surface area contributed by atoms with E-state index in [-0.39, 0.29) is 0 Å². The zero-order valence-corrected chi connectivity index (χ0v) is 15.6. The first-order valence-corrected chi connectivity index (χ1v) is 9.61. The van der Waals surface area contributed by atoms with Crippen molar-refractivity contribution in [3.63, 3.8) is 0 Å². The van der Waals surface area contributed by atoms with Crippen molar-refractivity contribution >= 4 is 11.4 Å². The first kappa shape index (κ1) is 15.5. The van der Waals surface area contributed by atoms with E-state index in [0.717, 1.165) is 11.5 Å². The van der Waals surface area contributed by atoms with Crippen molar-refractivity contribution in [2.45, 2.75) is 5.41 Å². The molecule has 0 N–H and O–H groups in total. The van der Waals surface area contributed by atoms with Crippen LogP contribution in [0.2, 0.25) is 0 Å². The van der Waals surface area contributed by atoms with Gasteiger partial charge in [0.1, 0.15) is 11.5 Å². The van der Waals surface area contributed by atoms with Crippen molar-refractivity contribution in [3.8, 4) is 11.5 Å². The Hall–Kier alpha value is -3.52. The van der Waals surface area contributed by atoms with Gasteiger partial charge in [0.05, 0.1) is 5.41 Å². The predicted molar refractivity (Wildman–Crippen MR) is 113 cm³/mol. The van der Waals surface area contributed by atoms with Gasteiger partial charge in [-0.2, -0.15) is 0 Å². The van der Waals surface area contributed by atoms with Crippen LogP contribution in [0.3, 0.4) is 0 Å². The first-order chi connectivity index (χ1) is 13.8. The highest BCUT2D eigenvalue weighted by atomic mass is 16.5. The smallest absolute Gasteiger partial charge is 0.132 e. The predicted octanol–water partition coefficient (Wildman–Crippen LogP) is 6.26. The maximum Gasteiger partial charge on any atom is 0.132 e. The number of anilines is 2. The van der Waals surface area contributed by atoms with Crippen molar-refractivity contribution in [2.24, 2.45) is 0 Å². The zero-order chi connectivity index (χ0) is 18.7. The minimum absolute atomic E-state index is 0.398. The van der Waals surface area contributed by atoms with Gasteiger partial charge in [0, 0.05) is 29.5 Å². The number of nitrogens with zero attached hydrogens (tertiary/aromatic N) is 1. The molecule has 0 atom stereocenters. The molecule has 0 amide bonds. The molecule has 0 fully saturated rings. The highest BCUT2D eigenvalue weighted by Crippen LogP contribution is 2.60. The van der Waals surface area contributed by atoms with E-state index in [1.165, 1.54) is 33.6 Å². The fraction of sp³-hybridized carbons (Fsp3) is 0.0769. The molecule has 0 aromatic heterocycles. The number of rotatable bonds is 0. The Balaban J connectivity index is 1.86. The lowest BCUT2D eigenvalue weighted by atomic mass is 9.61. The van der Waals surface area contributed by atoms with Crippen LogP contribution in [0.4, 0.5) is 11.4 Å². The van der Waals surface area contributed by atoms with E-state index in [0.29, 0.717) is 0 Å². The van der Waals surface area contributed by atoms with E-state index in [2.05, 4.69) is 96.9 Å². The van der Waals surface area contributed by atoms with Gasteiger partial charge in [-0.1, -0.05) is 72.8 Å². The molecule has 4 aromatic rings. The first-order valence-electron chi connectivity index (χ1n) is 9.61. The molecule has 2 aliphatic heterocycles. The molecule has 0 saturated carbocycles. The Morgan fingerprint density at radius 1 is 0.536 bits per heavy atom. The largest absolute Gasteiger partial charge is 0.457 e. The second kappa shape index (κ2) is 5.49. The van der Waals surface area contributed by atoms with Crippen LogP contribution in [-0.4, -0.2) is 7.05 Å². The lowest BCUT2D eigenvalue weighted by molar-refractivity contribution is 0.434. The summed E-state index contributed by atoms with van der Waals surface area (Å²) in [6, 6.07) is 34.4. The SMILES string of the molecule is CN1c2ccccc2C2(c3ccccc3Oc3ccccc32)c2ccccc21. The molecule has 28 heavy (non-hydrogen) atoms. The number of fused-ring (bicyclic) bond motifs is 8. The Morgan fingerprint density at radius 2 is 0.929 bits per heavy atom. The molecular formula is C26H19NO. The summed E-state index contributed by atoms with van der Waals surface area (Å²) in [6.45, 7) is 0. The minimum atomic E-state index is -0.398. The van der Waals surface area contributed by atoms with Crippen molar-refractivity contribution in [1.29, 1.82) is 0 Å². The lowest BCUT2D eigenvalue weighted by Gasteiger charge is -2.47. The van der Waals surface area contributed by atoms with Crippen LogP contribution in [0.5, 0.6) is 11.5 Å². The Bertz CT molecular complexity index is 1130. The average molecular weight is 361 g/mol. The van der Waals surface area contributed by atoms with Crippen LogP contribution in [0.15, 0.2) is 97.1 Å². The Kier molecular flexibility index (Phi) is 3.05. The Labute approximate surface area is 164 Å². The van der Waals surface area contributed by atoms with Crippen molar-refractivity contribution in [2.75, 3.05) is 11.9 Å². The van der Waals surface area contributed by atoms with Gasteiger partial charge >= 0.3 is 0 Å². The third-order valence-electron chi connectivity index (χ3n) is 6.14. The molecule has 2 aliphatic rings. The van der Waals surface area contributed by atoms with Gasteiger partial charge in [-0.05, 0) is 35.4 Å². The number of hydrogen-bond acceptors (Lipinski definition) is 2. The van der Waals surface area contributed by atoms with Crippen LogP contribution in [0, 0.1) is 0 Å². The van der Waals surface area contributed by atoms with E-state index < -0.39 is 5.41 Å². The number of para-hydroxylation sites is 4. The zero-order valence-electron chi connectivity index (χ0n) is 15.6.